The number of aromatic nitrogens is 4. The molecule has 0 saturated heterocycles. The van der Waals surface area contributed by atoms with E-state index >= 15 is 0 Å². The van der Waals surface area contributed by atoms with Crippen LogP contribution in [0, 0.1) is 6.92 Å². The van der Waals surface area contributed by atoms with Crippen molar-refractivity contribution in [3.63, 3.8) is 0 Å². The molecule has 7 heteroatoms. The molecule has 7 nitrogen and oxygen atoms in total. The zero-order valence-corrected chi connectivity index (χ0v) is 12.4. The van der Waals surface area contributed by atoms with Crippen LogP contribution >= 0.6 is 0 Å². The van der Waals surface area contributed by atoms with E-state index in [-0.39, 0.29) is 12.6 Å². The van der Waals surface area contributed by atoms with Crippen molar-refractivity contribution in [3.8, 4) is 5.75 Å². The highest BCUT2D eigenvalue weighted by molar-refractivity contribution is 5.46. The van der Waals surface area contributed by atoms with E-state index in [1.165, 1.54) is 0 Å². The monoisotopic (exact) mass is 299 g/mol. The van der Waals surface area contributed by atoms with E-state index in [4.69, 9.17) is 4.74 Å². The summed E-state index contributed by atoms with van der Waals surface area (Å²) >= 11 is 0. The maximum atomic E-state index is 9.67. The molecule has 3 rings (SSSR count). The highest BCUT2D eigenvalue weighted by Crippen LogP contribution is 2.22. The van der Waals surface area contributed by atoms with Crippen molar-refractivity contribution in [3.05, 3.63) is 47.8 Å². The Morgan fingerprint density at radius 2 is 2.14 bits per heavy atom. The van der Waals surface area contributed by atoms with Crippen molar-refractivity contribution in [2.24, 2.45) is 0 Å². The van der Waals surface area contributed by atoms with Crippen LogP contribution in [-0.4, -0.2) is 38.6 Å². The third kappa shape index (κ3) is 2.71. The van der Waals surface area contributed by atoms with E-state index in [0.29, 0.717) is 17.3 Å². The second kappa shape index (κ2) is 5.98. The lowest BCUT2D eigenvalue weighted by Crippen LogP contribution is -2.16. The molecule has 0 fully saturated rings. The van der Waals surface area contributed by atoms with Gasteiger partial charge in [0.25, 0.3) is 0 Å². The molecular weight excluding hydrogens is 282 g/mol. The molecule has 2 N–H and O–H groups in total. The SMILES string of the molecule is COc1cccc([C@H](CO)Nc2ccc3nnc(C)n3n2)c1. The van der Waals surface area contributed by atoms with Crippen LogP contribution in [0.2, 0.25) is 0 Å². The predicted molar refractivity (Wildman–Crippen MR) is 82.0 cm³/mol. The number of methoxy groups -OCH3 is 1. The Hall–Kier alpha value is -2.67. The Bertz CT molecular complexity index is 786. The first-order chi connectivity index (χ1) is 10.7. The maximum absolute atomic E-state index is 9.67. The molecule has 1 aromatic carbocycles. The number of aryl methyl sites for hydroxylation is 1. The number of rotatable bonds is 5. The number of aliphatic hydroxyl groups excluding tert-OH is 1. The molecule has 2 aromatic heterocycles. The summed E-state index contributed by atoms with van der Waals surface area (Å²) < 4.78 is 6.87. The molecule has 114 valence electrons. The van der Waals surface area contributed by atoms with Crippen LogP contribution in [0.1, 0.15) is 17.4 Å². The molecule has 2 heterocycles. The van der Waals surface area contributed by atoms with E-state index in [9.17, 15) is 5.11 Å². The Morgan fingerprint density at radius 1 is 1.27 bits per heavy atom. The minimum atomic E-state index is -0.281. The van der Waals surface area contributed by atoms with Crippen LogP contribution < -0.4 is 10.1 Å². The third-order valence-corrected chi connectivity index (χ3v) is 3.42. The van der Waals surface area contributed by atoms with Gasteiger partial charge in [-0.05, 0) is 36.8 Å². The number of aliphatic hydroxyl groups is 1. The number of ether oxygens (including phenoxy) is 1. The molecule has 0 spiro atoms. The first-order valence-corrected chi connectivity index (χ1v) is 6.91. The van der Waals surface area contributed by atoms with Crippen molar-refractivity contribution in [1.29, 1.82) is 0 Å². The number of nitrogens with one attached hydrogen (secondary N) is 1. The standard InChI is InChI=1S/C15H17N5O2/c1-10-17-18-15-7-6-14(19-20(10)15)16-13(9-21)11-4-3-5-12(8-11)22-2/h3-8,13,21H,9H2,1-2H3,(H,16,19)/t13-/m0/s1. The molecule has 0 aliphatic carbocycles. The van der Waals surface area contributed by atoms with Gasteiger partial charge in [0, 0.05) is 0 Å². The third-order valence-electron chi connectivity index (χ3n) is 3.42. The molecule has 0 unspecified atom stereocenters. The zero-order valence-electron chi connectivity index (χ0n) is 12.4. The van der Waals surface area contributed by atoms with Crippen LogP contribution in [-0.2, 0) is 0 Å². The highest BCUT2D eigenvalue weighted by Gasteiger charge is 2.13. The van der Waals surface area contributed by atoms with Crippen LogP contribution in [0.5, 0.6) is 5.75 Å². The van der Waals surface area contributed by atoms with Crippen LogP contribution in [0.25, 0.3) is 5.65 Å². The number of hydrogen-bond acceptors (Lipinski definition) is 6. The van der Waals surface area contributed by atoms with Crippen molar-refractivity contribution in [1.82, 2.24) is 19.8 Å². The summed E-state index contributed by atoms with van der Waals surface area (Å²) in [6.07, 6.45) is 0. The molecule has 1 atom stereocenters. The van der Waals surface area contributed by atoms with Crippen molar-refractivity contribution >= 4 is 11.5 Å². The molecule has 3 aromatic rings. The summed E-state index contributed by atoms with van der Waals surface area (Å²) in [5.41, 5.74) is 1.61. The smallest absolute Gasteiger partial charge is 0.178 e. The summed E-state index contributed by atoms with van der Waals surface area (Å²) in [5.74, 6) is 2.09. The molecule has 0 saturated carbocycles. The van der Waals surface area contributed by atoms with Gasteiger partial charge < -0.3 is 15.2 Å². The van der Waals surface area contributed by atoms with Gasteiger partial charge in [-0.25, -0.2) is 0 Å². The summed E-state index contributed by atoms with van der Waals surface area (Å²) in [4.78, 5) is 0. The quantitative estimate of drug-likeness (QED) is 0.744. The summed E-state index contributed by atoms with van der Waals surface area (Å²) in [6, 6.07) is 10.9. The lowest BCUT2D eigenvalue weighted by molar-refractivity contribution is 0.275. The Morgan fingerprint density at radius 3 is 2.91 bits per heavy atom. The van der Waals surface area contributed by atoms with E-state index in [0.717, 1.165) is 11.3 Å². The fraction of sp³-hybridized carbons (Fsp3) is 0.267. The van der Waals surface area contributed by atoms with Crippen LogP contribution in [0.15, 0.2) is 36.4 Å². The minimum Gasteiger partial charge on any atom is -0.497 e. The van der Waals surface area contributed by atoms with E-state index in [2.05, 4.69) is 20.6 Å². The number of fused-ring (bicyclic) bond motifs is 1. The van der Waals surface area contributed by atoms with E-state index < -0.39 is 0 Å². The molecular formula is C15H17N5O2. The van der Waals surface area contributed by atoms with E-state index in [1.807, 2.05) is 43.3 Å². The zero-order chi connectivity index (χ0) is 15.5. The normalized spacial score (nSPS) is 12.3. The average Bonchev–Trinajstić information content (AvgIpc) is 2.93. The van der Waals surface area contributed by atoms with Gasteiger partial charge in [-0.1, -0.05) is 12.1 Å². The Kier molecular flexibility index (Phi) is 3.88. The number of hydrogen-bond donors (Lipinski definition) is 2. The first-order valence-electron chi connectivity index (χ1n) is 6.91. The lowest BCUT2D eigenvalue weighted by atomic mass is 10.1. The Labute approximate surface area is 127 Å². The number of nitrogens with zero attached hydrogens (tertiary/aromatic N) is 4. The Balaban J connectivity index is 1.88. The molecule has 0 amide bonds. The molecule has 0 aliphatic rings. The highest BCUT2D eigenvalue weighted by atomic mass is 16.5. The van der Waals surface area contributed by atoms with E-state index in [1.54, 1.807) is 11.6 Å². The van der Waals surface area contributed by atoms with Gasteiger partial charge in [0.2, 0.25) is 0 Å². The fourth-order valence-corrected chi connectivity index (χ4v) is 2.24. The van der Waals surface area contributed by atoms with Crippen molar-refractivity contribution in [2.45, 2.75) is 13.0 Å². The maximum Gasteiger partial charge on any atom is 0.178 e. The summed E-state index contributed by atoms with van der Waals surface area (Å²) in [6.45, 7) is 1.77. The topological polar surface area (TPSA) is 84.6 Å². The minimum absolute atomic E-state index is 0.0615. The second-order valence-electron chi connectivity index (χ2n) is 4.89. The van der Waals surface area contributed by atoms with Crippen LogP contribution in [0.4, 0.5) is 5.82 Å². The van der Waals surface area contributed by atoms with Gasteiger partial charge in [0.05, 0.1) is 19.8 Å². The first kappa shape index (κ1) is 14.3. The van der Waals surface area contributed by atoms with Gasteiger partial charge in [-0.2, -0.15) is 4.52 Å². The van der Waals surface area contributed by atoms with Crippen molar-refractivity contribution < 1.29 is 9.84 Å². The predicted octanol–water partition coefficient (Wildman–Crippen LogP) is 1.59. The number of benzene rings is 1. The summed E-state index contributed by atoms with van der Waals surface area (Å²) in [5, 5.41) is 25.3. The summed E-state index contributed by atoms with van der Waals surface area (Å²) in [7, 11) is 1.62. The van der Waals surface area contributed by atoms with Gasteiger partial charge in [0.1, 0.15) is 11.6 Å². The molecule has 0 radical (unpaired) electrons. The van der Waals surface area contributed by atoms with Gasteiger partial charge in [-0.15, -0.1) is 15.3 Å². The van der Waals surface area contributed by atoms with Gasteiger partial charge in [-0.3, -0.25) is 0 Å². The average molecular weight is 299 g/mol. The molecule has 0 bridgehead atoms. The van der Waals surface area contributed by atoms with Crippen molar-refractivity contribution in [2.75, 3.05) is 19.0 Å². The number of anilines is 1. The van der Waals surface area contributed by atoms with Crippen LogP contribution in [0.3, 0.4) is 0 Å². The fourth-order valence-electron chi connectivity index (χ4n) is 2.24. The molecule has 0 aliphatic heterocycles. The van der Waals surface area contributed by atoms with Gasteiger partial charge in [0.15, 0.2) is 11.5 Å². The molecule has 22 heavy (non-hydrogen) atoms. The van der Waals surface area contributed by atoms with Gasteiger partial charge >= 0.3 is 0 Å². The largest absolute Gasteiger partial charge is 0.497 e. The lowest BCUT2D eigenvalue weighted by Gasteiger charge is -2.18. The second-order valence-corrected chi connectivity index (χ2v) is 4.89.